The number of fused-ring (bicyclic) bond motifs is 1. The monoisotopic (exact) mass is 429 g/mol. The van der Waals surface area contributed by atoms with Crippen LogP contribution in [0.4, 0.5) is 0 Å². The molecular formula is C20H23N5O2S2. The first-order chi connectivity index (χ1) is 13.8. The Hall–Kier alpha value is -2.26. The van der Waals surface area contributed by atoms with Crippen LogP contribution in [-0.4, -0.2) is 43.7 Å². The fraction of sp³-hybridized carbons (Fsp3) is 0.450. The van der Waals surface area contributed by atoms with Crippen LogP contribution in [0.1, 0.15) is 50.1 Å². The molecule has 152 valence electrons. The lowest BCUT2D eigenvalue weighted by molar-refractivity contribution is -0.129. The molecule has 0 unspecified atom stereocenters. The number of thioether (sulfide) groups is 1. The molecule has 1 atom stereocenters. The summed E-state index contributed by atoms with van der Waals surface area (Å²) in [5.74, 6) is 0.0896. The van der Waals surface area contributed by atoms with Gasteiger partial charge in [0.2, 0.25) is 10.9 Å². The maximum atomic E-state index is 13.2. The average molecular weight is 430 g/mol. The minimum Gasteiger partial charge on any atom is -0.341 e. The number of amides is 1. The van der Waals surface area contributed by atoms with E-state index in [4.69, 9.17) is 0 Å². The Morgan fingerprint density at radius 1 is 1.14 bits per heavy atom. The van der Waals surface area contributed by atoms with Gasteiger partial charge in [-0.3, -0.25) is 9.59 Å². The molecule has 9 heteroatoms. The van der Waals surface area contributed by atoms with Crippen LogP contribution >= 0.6 is 23.1 Å². The Morgan fingerprint density at radius 2 is 1.83 bits per heavy atom. The number of rotatable bonds is 4. The van der Waals surface area contributed by atoms with E-state index in [0.29, 0.717) is 15.0 Å². The SMILES string of the molecule is CC(C)(C)c1nnc2sc(S[C@@H](C(=O)N3CCCC3)c3ccccc3)nn2c1=O. The van der Waals surface area contributed by atoms with Crippen molar-refractivity contribution < 1.29 is 4.79 Å². The standard InChI is InChI=1S/C20H23N5O2S2/c1-20(2,3)15-17(27)25-18(22-21-15)29-19(23-25)28-14(13-9-5-4-6-10-13)16(26)24-11-7-8-12-24/h4-6,9-10,14H,7-8,11-12H2,1-3H3/t14-/m1/s1. The number of carbonyl (C=O) groups is 1. The summed E-state index contributed by atoms with van der Waals surface area (Å²) < 4.78 is 1.94. The molecule has 0 spiro atoms. The molecule has 1 amide bonds. The lowest BCUT2D eigenvalue weighted by Gasteiger charge is -2.22. The Labute approximate surface area is 177 Å². The predicted octanol–water partition coefficient (Wildman–Crippen LogP) is 3.30. The molecule has 3 heterocycles. The Balaban J connectivity index is 1.70. The van der Waals surface area contributed by atoms with E-state index in [-0.39, 0.29) is 11.5 Å². The summed E-state index contributed by atoms with van der Waals surface area (Å²) in [5, 5.41) is 12.4. The van der Waals surface area contributed by atoms with E-state index >= 15 is 0 Å². The highest BCUT2D eigenvalue weighted by molar-refractivity contribution is 8.02. The maximum Gasteiger partial charge on any atom is 0.297 e. The number of benzene rings is 1. The maximum absolute atomic E-state index is 13.2. The molecule has 1 fully saturated rings. The third-order valence-corrected chi connectivity index (χ3v) is 7.07. The fourth-order valence-electron chi connectivity index (χ4n) is 3.31. The van der Waals surface area contributed by atoms with E-state index < -0.39 is 10.7 Å². The van der Waals surface area contributed by atoms with Crippen molar-refractivity contribution in [2.24, 2.45) is 0 Å². The molecule has 0 aliphatic carbocycles. The van der Waals surface area contributed by atoms with Gasteiger partial charge in [-0.1, -0.05) is 74.2 Å². The van der Waals surface area contributed by atoms with Gasteiger partial charge in [0, 0.05) is 18.5 Å². The molecule has 4 rings (SSSR count). The second-order valence-electron chi connectivity index (χ2n) is 8.11. The van der Waals surface area contributed by atoms with Gasteiger partial charge in [0.15, 0.2) is 4.34 Å². The predicted molar refractivity (Wildman–Crippen MR) is 114 cm³/mol. The first-order valence-electron chi connectivity index (χ1n) is 9.62. The zero-order valence-corrected chi connectivity index (χ0v) is 18.3. The van der Waals surface area contributed by atoms with Crippen molar-refractivity contribution in [1.29, 1.82) is 0 Å². The summed E-state index contributed by atoms with van der Waals surface area (Å²) in [7, 11) is 0. The van der Waals surface area contributed by atoms with Gasteiger partial charge < -0.3 is 4.90 Å². The van der Waals surface area contributed by atoms with E-state index in [9.17, 15) is 9.59 Å². The van der Waals surface area contributed by atoms with Gasteiger partial charge in [0.1, 0.15) is 10.9 Å². The third kappa shape index (κ3) is 4.06. The minimum absolute atomic E-state index is 0.0896. The van der Waals surface area contributed by atoms with Gasteiger partial charge in [-0.05, 0) is 18.4 Å². The van der Waals surface area contributed by atoms with Crippen molar-refractivity contribution in [2.45, 2.75) is 48.6 Å². The molecule has 0 N–H and O–H groups in total. The zero-order valence-electron chi connectivity index (χ0n) is 16.7. The molecule has 2 aromatic heterocycles. The van der Waals surface area contributed by atoms with Crippen LogP contribution in [-0.2, 0) is 10.2 Å². The Morgan fingerprint density at radius 3 is 2.48 bits per heavy atom. The highest BCUT2D eigenvalue weighted by Gasteiger charge is 2.30. The van der Waals surface area contributed by atoms with E-state index in [1.54, 1.807) is 0 Å². The van der Waals surface area contributed by atoms with Crippen molar-refractivity contribution in [2.75, 3.05) is 13.1 Å². The minimum atomic E-state index is -0.416. The molecule has 1 aromatic carbocycles. The first kappa shape index (κ1) is 20.0. The van der Waals surface area contributed by atoms with E-state index in [1.165, 1.54) is 27.6 Å². The van der Waals surface area contributed by atoms with Crippen LogP contribution in [0.15, 0.2) is 39.5 Å². The summed E-state index contributed by atoms with van der Waals surface area (Å²) >= 11 is 2.66. The largest absolute Gasteiger partial charge is 0.341 e. The van der Waals surface area contributed by atoms with Crippen molar-refractivity contribution in [1.82, 2.24) is 24.7 Å². The molecule has 1 aliphatic heterocycles. The Bertz CT molecular complexity index is 1080. The summed E-state index contributed by atoms with van der Waals surface area (Å²) in [4.78, 5) is 28.4. The fourth-order valence-corrected chi connectivity index (χ4v) is 5.46. The van der Waals surface area contributed by atoms with Crippen LogP contribution in [0.5, 0.6) is 0 Å². The van der Waals surface area contributed by atoms with Gasteiger partial charge in [-0.25, -0.2) is 0 Å². The van der Waals surface area contributed by atoms with Crippen molar-refractivity contribution in [3.05, 3.63) is 51.9 Å². The molecule has 0 saturated carbocycles. The number of likely N-dealkylation sites (tertiary alicyclic amines) is 1. The van der Waals surface area contributed by atoms with Crippen LogP contribution < -0.4 is 5.56 Å². The third-order valence-electron chi connectivity index (χ3n) is 4.85. The number of hydrogen-bond donors (Lipinski definition) is 0. The average Bonchev–Trinajstić information content (AvgIpc) is 3.36. The summed E-state index contributed by atoms with van der Waals surface area (Å²) in [6.07, 6.45) is 2.08. The summed E-state index contributed by atoms with van der Waals surface area (Å²) in [6, 6.07) is 9.73. The second-order valence-corrected chi connectivity index (χ2v) is 10.4. The van der Waals surface area contributed by atoms with Crippen LogP contribution in [0.2, 0.25) is 0 Å². The van der Waals surface area contributed by atoms with E-state index in [1.807, 2.05) is 56.0 Å². The van der Waals surface area contributed by atoms with E-state index in [0.717, 1.165) is 31.5 Å². The quantitative estimate of drug-likeness (QED) is 0.592. The lowest BCUT2D eigenvalue weighted by Crippen LogP contribution is -2.31. The Kier molecular flexibility index (Phi) is 5.44. The number of carbonyl (C=O) groups excluding carboxylic acids is 1. The van der Waals surface area contributed by atoms with Crippen LogP contribution in [0.25, 0.3) is 4.96 Å². The van der Waals surface area contributed by atoms with Crippen molar-refractivity contribution >= 4 is 34.0 Å². The molecule has 0 bridgehead atoms. The second kappa shape index (κ2) is 7.87. The first-order valence-corrected chi connectivity index (χ1v) is 11.3. The van der Waals surface area contributed by atoms with Crippen molar-refractivity contribution in [3.8, 4) is 0 Å². The topological polar surface area (TPSA) is 80.5 Å². The van der Waals surface area contributed by atoms with Gasteiger partial charge in [0.05, 0.1) is 0 Å². The smallest absolute Gasteiger partial charge is 0.297 e. The molecule has 1 aliphatic rings. The molecule has 7 nitrogen and oxygen atoms in total. The number of aromatic nitrogens is 4. The lowest BCUT2D eigenvalue weighted by atomic mass is 9.93. The number of hydrogen-bond acceptors (Lipinski definition) is 7. The van der Waals surface area contributed by atoms with Crippen molar-refractivity contribution in [3.63, 3.8) is 0 Å². The molecule has 3 aromatic rings. The zero-order chi connectivity index (χ0) is 20.6. The van der Waals surface area contributed by atoms with Crippen LogP contribution in [0.3, 0.4) is 0 Å². The molecule has 1 saturated heterocycles. The van der Waals surface area contributed by atoms with Gasteiger partial charge >= 0.3 is 0 Å². The highest BCUT2D eigenvalue weighted by atomic mass is 32.2. The molecule has 0 radical (unpaired) electrons. The number of nitrogens with zero attached hydrogens (tertiary/aromatic N) is 5. The van der Waals surface area contributed by atoms with Gasteiger partial charge in [0.25, 0.3) is 5.56 Å². The van der Waals surface area contributed by atoms with Crippen LogP contribution in [0, 0.1) is 0 Å². The molecular weight excluding hydrogens is 406 g/mol. The van der Waals surface area contributed by atoms with Gasteiger partial charge in [-0.15, -0.1) is 15.3 Å². The summed E-state index contributed by atoms with van der Waals surface area (Å²) in [5.41, 5.74) is 0.639. The summed E-state index contributed by atoms with van der Waals surface area (Å²) in [6.45, 7) is 7.36. The highest BCUT2D eigenvalue weighted by Crippen LogP contribution is 2.39. The normalized spacial score (nSPS) is 15.8. The van der Waals surface area contributed by atoms with E-state index in [2.05, 4.69) is 15.3 Å². The molecule has 29 heavy (non-hydrogen) atoms. The van der Waals surface area contributed by atoms with Gasteiger partial charge in [-0.2, -0.15) is 4.52 Å².